The first-order chi connectivity index (χ1) is 21.2. The van der Waals surface area contributed by atoms with Gasteiger partial charge < -0.3 is 19.6 Å². The topological polar surface area (TPSA) is 13.0 Å². The minimum atomic E-state index is 0.0828. The summed E-state index contributed by atoms with van der Waals surface area (Å²) < 4.78 is 0. The molecule has 2 aliphatic heterocycles. The van der Waals surface area contributed by atoms with Crippen LogP contribution in [0.1, 0.15) is 78.8 Å². The number of rotatable bonds is 6. The standard InChI is InChI=1S/C40H46N4/c1-25(2)41-33-21-13-14-22-34(33)42(26(3)4)39(41)37-29-17-9-11-19-31(29)38(32-20-12-10-18-30(32)37)40-43(27(5)6)35-23-15-16-24-36(35)44(40)28(7)8/h9-28,39-40H,1-8H3. The zero-order valence-electron chi connectivity index (χ0n) is 27.5. The van der Waals surface area contributed by atoms with Crippen LogP contribution in [0, 0.1) is 0 Å². The average molecular weight is 583 g/mol. The number of nitrogens with zero attached hydrogens (tertiary/aromatic N) is 4. The van der Waals surface area contributed by atoms with Crippen LogP contribution < -0.4 is 19.6 Å². The van der Waals surface area contributed by atoms with Gasteiger partial charge in [-0.15, -0.1) is 0 Å². The predicted octanol–water partition coefficient (Wildman–Crippen LogP) is 10.3. The van der Waals surface area contributed by atoms with Crippen LogP contribution in [0.3, 0.4) is 0 Å². The van der Waals surface area contributed by atoms with Crippen LogP contribution in [0.25, 0.3) is 21.5 Å². The van der Waals surface area contributed by atoms with Gasteiger partial charge in [0.1, 0.15) is 12.3 Å². The molecule has 0 aliphatic carbocycles. The van der Waals surface area contributed by atoms with Crippen molar-refractivity contribution in [1.29, 1.82) is 0 Å². The van der Waals surface area contributed by atoms with Gasteiger partial charge in [-0.25, -0.2) is 0 Å². The lowest BCUT2D eigenvalue weighted by molar-refractivity contribution is 0.528. The fourth-order valence-electron chi connectivity index (χ4n) is 8.15. The van der Waals surface area contributed by atoms with Crippen molar-refractivity contribution in [3.8, 4) is 0 Å². The minimum absolute atomic E-state index is 0.0828. The van der Waals surface area contributed by atoms with Crippen molar-refractivity contribution in [2.24, 2.45) is 0 Å². The molecule has 0 bridgehead atoms. The van der Waals surface area contributed by atoms with Crippen molar-refractivity contribution in [2.75, 3.05) is 19.6 Å². The Morgan fingerprint density at radius 2 is 0.545 bits per heavy atom. The fourth-order valence-corrected chi connectivity index (χ4v) is 8.15. The number of benzene rings is 5. The second-order valence-corrected chi connectivity index (χ2v) is 13.6. The Morgan fingerprint density at radius 3 is 0.750 bits per heavy atom. The number of anilines is 4. The van der Waals surface area contributed by atoms with E-state index in [-0.39, 0.29) is 12.3 Å². The van der Waals surface area contributed by atoms with E-state index in [2.05, 4.69) is 172 Å². The van der Waals surface area contributed by atoms with Crippen molar-refractivity contribution in [1.82, 2.24) is 0 Å². The molecular formula is C40H46N4. The Labute approximate surface area is 263 Å². The van der Waals surface area contributed by atoms with Crippen LogP contribution >= 0.6 is 0 Å². The molecule has 4 nitrogen and oxygen atoms in total. The van der Waals surface area contributed by atoms with Gasteiger partial charge in [-0.3, -0.25) is 0 Å². The molecule has 4 heteroatoms. The highest BCUT2D eigenvalue weighted by Gasteiger charge is 2.44. The normalized spacial score (nSPS) is 15.7. The van der Waals surface area contributed by atoms with Gasteiger partial charge in [-0.05, 0) is 101 Å². The van der Waals surface area contributed by atoms with Gasteiger partial charge in [0.2, 0.25) is 0 Å². The lowest BCUT2D eigenvalue weighted by Gasteiger charge is -2.41. The van der Waals surface area contributed by atoms with Gasteiger partial charge in [0.05, 0.1) is 22.7 Å². The first-order valence-electron chi connectivity index (χ1n) is 16.5. The summed E-state index contributed by atoms with van der Waals surface area (Å²) in [6.07, 6.45) is 0.166. The fraction of sp³-hybridized carbons (Fsp3) is 0.350. The van der Waals surface area contributed by atoms with E-state index < -0.39 is 0 Å². The molecule has 5 aromatic carbocycles. The van der Waals surface area contributed by atoms with E-state index in [1.165, 1.54) is 55.4 Å². The van der Waals surface area contributed by atoms with Crippen molar-refractivity contribution in [3.05, 3.63) is 108 Å². The van der Waals surface area contributed by atoms with E-state index in [1.54, 1.807) is 0 Å². The third kappa shape index (κ3) is 4.10. The van der Waals surface area contributed by atoms with Crippen LogP contribution in [0.2, 0.25) is 0 Å². The van der Waals surface area contributed by atoms with Crippen LogP contribution in [0.4, 0.5) is 22.7 Å². The third-order valence-electron chi connectivity index (χ3n) is 9.69. The molecule has 0 aromatic heterocycles. The Hall–Kier alpha value is -4.18. The third-order valence-corrected chi connectivity index (χ3v) is 9.69. The zero-order chi connectivity index (χ0) is 30.9. The van der Waals surface area contributed by atoms with E-state index in [1.807, 2.05) is 0 Å². The van der Waals surface area contributed by atoms with E-state index in [9.17, 15) is 0 Å². The molecule has 0 fully saturated rings. The summed E-state index contributed by atoms with van der Waals surface area (Å²) in [5, 5.41) is 5.38. The lowest BCUT2D eigenvalue weighted by atomic mass is 9.87. The quantitative estimate of drug-likeness (QED) is 0.185. The molecule has 7 rings (SSSR count). The molecule has 0 spiro atoms. The smallest absolute Gasteiger partial charge is 0.130 e. The molecule has 2 heterocycles. The van der Waals surface area contributed by atoms with Gasteiger partial charge in [-0.1, -0.05) is 72.8 Å². The highest BCUT2D eigenvalue weighted by Crippen LogP contribution is 2.55. The lowest BCUT2D eigenvalue weighted by Crippen LogP contribution is -2.43. The largest absolute Gasteiger partial charge is 0.343 e. The van der Waals surface area contributed by atoms with Gasteiger partial charge >= 0.3 is 0 Å². The molecular weight excluding hydrogens is 536 g/mol. The van der Waals surface area contributed by atoms with Crippen molar-refractivity contribution in [3.63, 3.8) is 0 Å². The van der Waals surface area contributed by atoms with Crippen LogP contribution in [-0.4, -0.2) is 24.2 Å². The maximum atomic E-state index is 2.65. The Morgan fingerprint density at radius 1 is 0.341 bits per heavy atom. The number of fused-ring (bicyclic) bond motifs is 4. The van der Waals surface area contributed by atoms with Crippen molar-refractivity contribution in [2.45, 2.75) is 91.9 Å². The molecule has 0 amide bonds. The summed E-state index contributed by atoms with van der Waals surface area (Å²) in [6.45, 7) is 18.7. The van der Waals surface area contributed by atoms with Gasteiger partial charge in [0.25, 0.3) is 0 Å². The van der Waals surface area contributed by atoms with Crippen LogP contribution in [0.5, 0.6) is 0 Å². The molecule has 0 atom stereocenters. The van der Waals surface area contributed by atoms with E-state index in [4.69, 9.17) is 0 Å². The molecule has 0 radical (unpaired) electrons. The Kier molecular flexibility index (Phi) is 6.99. The summed E-state index contributed by atoms with van der Waals surface area (Å²) in [7, 11) is 0. The SMILES string of the molecule is CC(C)N1c2ccccc2N(C(C)C)C1c1c2ccccc2c(C2N(C(C)C)c3ccccc3N2C(C)C)c2ccccc12. The second kappa shape index (κ2) is 10.8. The minimum Gasteiger partial charge on any atom is -0.343 e. The molecule has 44 heavy (non-hydrogen) atoms. The summed E-state index contributed by atoms with van der Waals surface area (Å²) in [4.78, 5) is 10.6. The van der Waals surface area contributed by atoms with Gasteiger partial charge in [-0.2, -0.15) is 0 Å². The van der Waals surface area contributed by atoms with Gasteiger partial charge in [0.15, 0.2) is 0 Å². The first-order valence-corrected chi connectivity index (χ1v) is 16.5. The second-order valence-electron chi connectivity index (χ2n) is 13.6. The maximum absolute atomic E-state index is 2.65. The maximum Gasteiger partial charge on any atom is 0.130 e. The highest BCUT2D eigenvalue weighted by atomic mass is 15.4. The predicted molar refractivity (Wildman–Crippen MR) is 190 cm³/mol. The van der Waals surface area contributed by atoms with E-state index >= 15 is 0 Å². The highest BCUT2D eigenvalue weighted by molar-refractivity contribution is 6.08. The first kappa shape index (κ1) is 28.6. The molecule has 0 saturated carbocycles. The van der Waals surface area contributed by atoms with E-state index in [0.29, 0.717) is 24.2 Å². The molecule has 2 aliphatic rings. The monoisotopic (exact) mass is 582 g/mol. The molecule has 226 valence electrons. The summed E-state index contributed by atoms with van der Waals surface area (Å²) in [5.41, 5.74) is 8.09. The summed E-state index contributed by atoms with van der Waals surface area (Å²) in [6, 6.07) is 37.7. The zero-order valence-corrected chi connectivity index (χ0v) is 27.5. The average Bonchev–Trinajstić information content (AvgIpc) is 3.53. The van der Waals surface area contributed by atoms with Crippen molar-refractivity contribution >= 4 is 44.3 Å². The molecule has 5 aromatic rings. The summed E-state index contributed by atoms with van der Waals surface area (Å²) >= 11 is 0. The number of hydrogen-bond donors (Lipinski definition) is 0. The Bertz CT molecular complexity index is 1580. The van der Waals surface area contributed by atoms with Crippen LogP contribution in [-0.2, 0) is 0 Å². The number of para-hydroxylation sites is 4. The number of hydrogen-bond acceptors (Lipinski definition) is 4. The molecule has 0 saturated heterocycles. The van der Waals surface area contributed by atoms with Gasteiger partial charge in [0, 0.05) is 35.3 Å². The Balaban J connectivity index is 1.58. The van der Waals surface area contributed by atoms with Crippen LogP contribution in [0.15, 0.2) is 97.1 Å². The summed E-state index contributed by atoms with van der Waals surface area (Å²) in [5.74, 6) is 0. The molecule has 0 unspecified atom stereocenters. The van der Waals surface area contributed by atoms with E-state index in [0.717, 1.165) is 0 Å². The molecule has 0 N–H and O–H groups in total. The van der Waals surface area contributed by atoms with Crippen molar-refractivity contribution < 1.29 is 0 Å².